The summed E-state index contributed by atoms with van der Waals surface area (Å²) in [5.74, 6) is 1.49. The standard InChI is InChI=1S/C12H18N4O3/c1-7(15-16-12(13)14)8-5-9(17-2)11(19-4)10(6-8)18-3/h5-6H,1-4H3,(H4,13,14,16). The maximum absolute atomic E-state index is 5.25. The van der Waals surface area contributed by atoms with Crippen LogP contribution in [0.3, 0.4) is 0 Å². The molecule has 0 aliphatic rings. The van der Waals surface area contributed by atoms with Crippen LogP contribution < -0.4 is 25.7 Å². The lowest BCUT2D eigenvalue weighted by Gasteiger charge is -2.13. The van der Waals surface area contributed by atoms with Crippen LogP contribution in [0.4, 0.5) is 0 Å². The smallest absolute Gasteiger partial charge is 0.211 e. The molecule has 1 aromatic carbocycles. The lowest BCUT2D eigenvalue weighted by atomic mass is 10.1. The maximum Gasteiger partial charge on any atom is 0.211 e. The average molecular weight is 266 g/mol. The monoisotopic (exact) mass is 266 g/mol. The van der Waals surface area contributed by atoms with E-state index < -0.39 is 0 Å². The number of nitrogens with two attached hydrogens (primary N) is 2. The Balaban J connectivity index is 3.30. The van der Waals surface area contributed by atoms with Crippen molar-refractivity contribution in [2.45, 2.75) is 6.92 Å². The number of ether oxygens (including phenoxy) is 3. The maximum atomic E-state index is 5.25. The number of guanidine groups is 1. The number of benzene rings is 1. The predicted octanol–water partition coefficient (Wildman–Crippen LogP) is 0.710. The van der Waals surface area contributed by atoms with E-state index in [1.807, 2.05) is 0 Å². The first-order valence-corrected chi connectivity index (χ1v) is 5.47. The molecule has 19 heavy (non-hydrogen) atoms. The van der Waals surface area contributed by atoms with Crippen molar-refractivity contribution in [2.75, 3.05) is 21.3 Å². The van der Waals surface area contributed by atoms with Crippen LogP contribution in [0.1, 0.15) is 12.5 Å². The van der Waals surface area contributed by atoms with Crippen molar-refractivity contribution in [1.82, 2.24) is 0 Å². The van der Waals surface area contributed by atoms with E-state index in [4.69, 9.17) is 25.7 Å². The molecule has 0 bridgehead atoms. The first-order chi connectivity index (χ1) is 9.03. The molecule has 0 saturated heterocycles. The Labute approximate surface area is 111 Å². The molecule has 7 heteroatoms. The molecule has 1 rings (SSSR count). The quantitative estimate of drug-likeness (QED) is 0.464. The Kier molecular flexibility index (Phi) is 4.99. The molecule has 0 saturated carbocycles. The second-order valence-electron chi connectivity index (χ2n) is 3.62. The number of methoxy groups -OCH3 is 3. The fraction of sp³-hybridized carbons (Fsp3) is 0.333. The summed E-state index contributed by atoms with van der Waals surface area (Å²) in [5.41, 5.74) is 11.8. The van der Waals surface area contributed by atoms with E-state index in [1.165, 1.54) is 0 Å². The number of hydrogen-bond donors (Lipinski definition) is 2. The number of rotatable bonds is 5. The molecule has 4 N–H and O–H groups in total. The molecule has 0 amide bonds. The average Bonchev–Trinajstić information content (AvgIpc) is 2.42. The van der Waals surface area contributed by atoms with Crippen LogP contribution in [-0.4, -0.2) is 33.0 Å². The van der Waals surface area contributed by atoms with Crippen molar-refractivity contribution >= 4 is 11.7 Å². The van der Waals surface area contributed by atoms with E-state index >= 15 is 0 Å². The largest absolute Gasteiger partial charge is 0.493 e. The van der Waals surface area contributed by atoms with Crippen LogP contribution in [-0.2, 0) is 0 Å². The van der Waals surface area contributed by atoms with Gasteiger partial charge in [-0.05, 0) is 19.1 Å². The second kappa shape index (κ2) is 6.48. The minimum atomic E-state index is -0.105. The van der Waals surface area contributed by atoms with Gasteiger partial charge < -0.3 is 25.7 Å². The Hall–Kier alpha value is -2.44. The molecular weight excluding hydrogens is 248 g/mol. The molecule has 0 aliphatic carbocycles. The third kappa shape index (κ3) is 3.51. The molecule has 0 aliphatic heterocycles. The highest BCUT2D eigenvalue weighted by Gasteiger charge is 2.14. The highest BCUT2D eigenvalue weighted by molar-refractivity contribution is 6.00. The van der Waals surface area contributed by atoms with Crippen molar-refractivity contribution in [3.05, 3.63) is 17.7 Å². The third-order valence-electron chi connectivity index (χ3n) is 2.40. The fourth-order valence-electron chi connectivity index (χ4n) is 1.48. The van der Waals surface area contributed by atoms with Gasteiger partial charge in [-0.25, -0.2) is 0 Å². The van der Waals surface area contributed by atoms with Crippen LogP contribution in [0.5, 0.6) is 17.2 Å². The summed E-state index contributed by atoms with van der Waals surface area (Å²) < 4.78 is 15.7. The van der Waals surface area contributed by atoms with E-state index in [-0.39, 0.29) is 5.96 Å². The Bertz CT molecular complexity index is 483. The van der Waals surface area contributed by atoms with Crippen molar-refractivity contribution in [1.29, 1.82) is 0 Å². The predicted molar refractivity (Wildman–Crippen MR) is 74.1 cm³/mol. The molecule has 104 valence electrons. The minimum Gasteiger partial charge on any atom is -0.493 e. The second-order valence-corrected chi connectivity index (χ2v) is 3.62. The first-order valence-electron chi connectivity index (χ1n) is 5.47. The zero-order valence-electron chi connectivity index (χ0n) is 11.4. The zero-order chi connectivity index (χ0) is 14.4. The molecule has 0 fully saturated rings. The van der Waals surface area contributed by atoms with Gasteiger partial charge in [0.15, 0.2) is 11.5 Å². The van der Waals surface area contributed by atoms with E-state index in [0.717, 1.165) is 5.56 Å². The fourth-order valence-corrected chi connectivity index (χ4v) is 1.48. The molecular formula is C12H18N4O3. The molecule has 0 spiro atoms. The molecule has 0 aromatic heterocycles. The highest BCUT2D eigenvalue weighted by atomic mass is 16.5. The van der Waals surface area contributed by atoms with E-state index in [2.05, 4.69) is 10.2 Å². The Morgan fingerprint density at radius 2 is 1.47 bits per heavy atom. The molecule has 0 heterocycles. The Morgan fingerprint density at radius 3 is 1.84 bits per heavy atom. The third-order valence-corrected chi connectivity index (χ3v) is 2.40. The van der Waals surface area contributed by atoms with Gasteiger partial charge in [-0.3, -0.25) is 0 Å². The van der Waals surface area contributed by atoms with Crippen molar-refractivity contribution < 1.29 is 14.2 Å². The van der Waals surface area contributed by atoms with Gasteiger partial charge in [-0.2, -0.15) is 5.10 Å². The van der Waals surface area contributed by atoms with Crippen molar-refractivity contribution in [3.63, 3.8) is 0 Å². The van der Waals surface area contributed by atoms with Gasteiger partial charge in [0.1, 0.15) is 0 Å². The van der Waals surface area contributed by atoms with E-state index in [1.54, 1.807) is 40.4 Å². The van der Waals surface area contributed by atoms with E-state index in [9.17, 15) is 0 Å². The normalized spacial score (nSPS) is 10.8. The highest BCUT2D eigenvalue weighted by Crippen LogP contribution is 2.38. The van der Waals surface area contributed by atoms with Gasteiger partial charge in [0.2, 0.25) is 11.7 Å². The van der Waals surface area contributed by atoms with Gasteiger partial charge in [-0.1, -0.05) is 0 Å². The van der Waals surface area contributed by atoms with Crippen LogP contribution in [0.15, 0.2) is 22.3 Å². The van der Waals surface area contributed by atoms with Crippen LogP contribution in [0, 0.1) is 0 Å². The number of hydrogen-bond acceptors (Lipinski definition) is 5. The van der Waals surface area contributed by atoms with Gasteiger partial charge in [0.05, 0.1) is 27.0 Å². The molecule has 1 aromatic rings. The Morgan fingerprint density at radius 1 is 0.947 bits per heavy atom. The van der Waals surface area contributed by atoms with Crippen molar-refractivity contribution in [2.24, 2.45) is 21.7 Å². The van der Waals surface area contributed by atoms with Gasteiger partial charge in [0.25, 0.3) is 0 Å². The number of nitrogens with zero attached hydrogens (tertiary/aromatic N) is 2. The molecule has 0 unspecified atom stereocenters. The summed E-state index contributed by atoms with van der Waals surface area (Å²) in [4.78, 5) is 0. The van der Waals surface area contributed by atoms with Gasteiger partial charge in [0, 0.05) is 5.56 Å². The summed E-state index contributed by atoms with van der Waals surface area (Å²) in [6.07, 6.45) is 0. The first kappa shape index (κ1) is 14.6. The van der Waals surface area contributed by atoms with Gasteiger partial charge >= 0.3 is 0 Å². The summed E-state index contributed by atoms with van der Waals surface area (Å²) in [6, 6.07) is 3.53. The molecule has 0 atom stereocenters. The topological polar surface area (TPSA) is 104 Å². The zero-order valence-corrected chi connectivity index (χ0v) is 11.4. The minimum absolute atomic E-state index is 0.105. The SMILES string of the molecule is COc1cc(C(C)=NN=C(N)N)cc(OC)c1OC. The molecule has 0 radical (unpaired) electrons. The van der Waals surface area contributed by atoms with Crippen LogP contribution in [0.25, 0.3) is 0 Å². The van der Waals surface area contributed by atoms with Crippen LogP contribution in [0.2, 0.25) is 0 Å². The lowest BCUT2D eigenvalue weighted by Crippen LogP contribution is -2.22. The van der Waals surface area contributed by atoms with E-state index in [0.29, 0.717) is 23.0 Å². The lowest BCUT2D eigenvalue weighted by molar-refractivity contribution is 0.324. The summed E-state index contributed by atoms with van der Waals surface area (Å²) >= 11 is 0. The summed E-state index contributed by atoms with van der Waals surface area (Å²) in [6.45, 7) is 1.77. The van der Waals surface area contributed by atoms with Gasteiger partial charge in [-0.15, -0.1) is 5.10 Å². The summed E-state index contributed by atoms with van der Waals surface area (Å²) in [7, 11) is 4.63. The molecule has 7 nitrogen and oxygen atoms in total. The van der Waals surface area contributed by atoms with Crippen molar-refractivity contribution in [3.8, 4) is 17.2 Å². The summed E-state index contributed by atoms with van der Waals surface area (Å²) in [5, 5.41) is 7.50. The van der Waals surface area contributed by atoms with Crippen LogP contribution >= 0.6 is 0 Å².